The molecular weight excluding hydrogens is 260 g/mol. The fourth-order valence-corrected chi connectivity index (χ4v) is 2.83. The third-order valence-corrected chi connectivity index (χ3v) is 4.59. The molecule has 1 amide bonds. The van der Waals surface area contributed by atoms with Crippen molar-refractivity contribution in [2.75, 3.05) is 13.1 Å². The summed E-state index contributed by atoms with van der Waals surface area (Å²) in [6, 6.07) is 10.5. The molecule has 0 radical (unpaired) electrons. The Hall–Kier alpha value is -1.35. The number of rotatable bonds is 5. The lowest BCUT2D eigenvalue weighted by molar-refractivity contribution is -0.133. The van der Waals surface area contributed by atoms with E-state index in [-0.39, 0.29) is 16.9 Å². The second kappa shape index (κ2) is 6.61. The van der Waals surface area contributed by atoms with E-state index in [1.165, 1.54) is 5.56 Å². The summed E-state index contributed by atoms with van der Waals surface area (Å²) < 4.78 is 0. The van der Waals surface area contributed by atoms with Crippen LogP contribution >= 0.6 is 0 Å². The Kier molecular flexibility index (Phi) is 5.04. The summed E-state index contributed by atoms with van der Waals surface area (Å²) in [5.74, 6) is 0.210. The molecule has 1 fully saturated rings. The van der Waals surface area contributed by atoms with E-state index in [4.69, 9.17) is 0 Å². The van der Waals surface area contributed by atoms with Gasteiger partial charge in [-0.1, -0.05) is 37.3 Å². The molecule has 1 aliphatic heterocycles. The molecule has 1 aromatic rings. The fraction of sp³-hybridized carbons (Fsp3) is 0.611. The molecule has 3 nitrogen and oxygen atoms in total. The van der Waals surface area contributed by atoms with Crippen molar-refractivity contribution in [1.82, 2.24) is 10.6 Å². The number of amides is 1. The molecule has 2 N–H and O–H groups in total. The molecule has 2 rings (SSSR count). The lowest BCUT2D eigenvalue weighted by Crippen LogP contribution is -2.52. The van der Waals surface area contributed by atoms with Crippen LogP contribution in [0, 0.1) is 5.41 Å². The van der Waals surface area contributed by atoms with Crippen molar-refractivity contribution in [2.24, 2.45) is 5.41 Å². The molecule has 1 aromatic carbocycles. The summed E-state index contributed by atoms with van der Waals surface area (Å²) in [5, 5.41) is 6.59. The average Bonchev–Trinajstić information content (AvgIpc) is 2.47. The molecule has 0 saturated carbocycles. The Morgan fingerprint density at radius 1 is 1.24 bits per heavy atom. The second-order valence-corrected chi connectivity index (χ2v) is 7.13. The Morgan fingerprint density at radius 2 is 1.86 bits per heavy atom. The van der Waals surface area contributed by atoms with E-state index in [0.29, 0.717) is 0 Å². The van der Waals surface area contributed by atoms with E-state index in [0.717, 1.165) is 38.8 Å². The topological polar surface area (TPSA) is 41.1 Å². The van der Waals surface area contributed by atoms with Gasteiger partial charge >= 0.3 is 0 Å². The van der Waals surface area contributed by atoms with Gasteiger partial charge in [0.15, 0.2) is 0 Å². The highest BCUT2D eigenvalue weighted by molar-refractivity contribution is 5.83. The molecule has 116 valence electrons. The van der Waals surface area contributed by atoms with Crippen LogP contribution in [0.1, 0.15) is 45.6 Å². The number of piperidine rings is 1. The Labute approximate surface area is 128 Å². The predicted molar refractivity (Wildman–Crippen MR) is 87.2 cm³/mol. The molecule has 1 heterocycles. The van der Waals surface area contributed by atoms with Gasteiger partial charge in [-0.3, -0.25) is 4.79 Å². The molecular formula is C18H28N2O. The Balaban J connectivity index is 1.89. The zero-order chi connectivity index (χ0) is 15.3. The van der Waals surface area contributed by atoms with Crippen molar-refractivity contribution < 1.29 is 4.79 Å². The summed E-state index contributed by atoms with van der Waals surface area (Å²) in [6.45, 7) is 8.22. The van der Waals surface area contributed by atoms with E-state index in [1.807, 2.05) is 6.07 Å². The monoisotopic (exact) mass is 288 g/mol. The number of hydrogen-bond acceptors (Lipinski definition) is 2. The van der Waals surface area contributed by atoms with Crippen LogP contribution in [0.2, 0.25) is 0 Å². The number of carbonyl (C=O) groups is 1. The molecule has 0 atom stereocenters. The second-order valence-electron chi connectivity index (χ2n) is 7.13. The lowest BCUT2D eigenvalue weighted by atomic mass is 9.79. The van der Waals surface area contributed by atoms with Crippen molar-refractivity contribution >= 4 is 5.91 Å². The van der Waals surface area contributed by atoms with Crippen LogP contribution in [0.3, 0.4) is 0 Å². The van der Waals surface area contributed by atoms with E-state index in [1.54, 1.807) is 0 Å². The predicted octanol–water partition coefficient (Wildman–Crippen LogP) is 2.90. The number of aryl methyl sites for hydroxylation is 1. The van der Waals surface area contributed by atoms with Gasteiger partial charge in [0.05, 0.1) is 0 Å². The minimum Gasteiger partial charge on any atom is -0.351 e. The summed E-state index contributed by atoms with van der Waals surface area (Å²) in [4.78, 5) is 12.6. The van der Waals surface area contributed by atoms with Gasteiger partial charge < -0.3 is 10.6 Å². The summed E-state index contributed by atoms with van der Waals surface area (Å²) in [7, 11) is 0. The molecule has 21 heavy (non-hydrogen) atoms. The number of carbonyl (C=O) groups excluding carboxylic acids is 1. The standard InChI is InChI=1S/C18H28N2O/c1-17(2,10-9-15-7-5-4-6-8-15)20-16(21)18(3)11-13-19-14-12-18/h4-8,19H,9-14H2,1-3H3,(H,20,21). The van der Waals surface area contributed by atoms with Gasteiger partial charge in [0, 0.05) is 11.0 Å². The largest absolute Gasteiger partial charge is 0.351 e. The SMILES string of the molecule is CC(C)(CCc1ccccc1)NC(=O)C1(C)CCNCC1. The first-order valence-electron chi connectivity index (χ1n) is 7.99. The first-order valence-corrected chi connectivity index (χ1v) is 7.99. The first kappa shape index (κ1) is 16.0. The highest BCUT2D eigenvalue weighted by atomic mass is 16.2. The van der Waals surface area contributed by atoms with Crippen LogP contribution in [-0.4, -0.2) is 24.5 Å². The summed E-state index contributed by atoms with van der Waals surface area (Å²) >= 11 is 0. The van der Waals surface area contributed by atoms with Gasteiger partial charge in [-0.15, -0.1) is 0 Å². The van der Waals surface area contributed by atoms with Gasteiger partial charge in [0.1, 0.15) is 0 Å². The van der Waals surface area contributed by atoms with Crippen LogP contribution in [0.25, 0.3) is 0 Å². The van der Waals surface area contributed by atoms with Crippen molar-refractivity contribution in [3.05, 3.63) is 35.9 Å². The normalized spacial score (nSPS) is 18.2. The number of hydrogen-bond donors (Lipinski definition) is 2. The maximum Gasteiger partial charge on any atom is 0.226 e. The molecule has 3 heteroatoms. The van der Waals surface area contributed by atoms with Gasteiger partial charge in [0.25, 0.3) is 0 Å². The van der Waals surface area contributed by atoms with Crippen molar-refractivity contribution in [1.29, 1.82) is 0 Å². The number of nitrogens with one attached hydrogen (secondary N) is 2. The zero-order valence-electron chi connectivity index (χ0n) is 13.5. The third-order valence-electron chi connectivity index (χ3n) is 4.59. The van der Waals surface area contributed by atoms with Crippen LogP contribution in [0.4, 0.5) is 0 Å². The fourth-order valence-electron chi connectivity index (χ4n) is 2.83. The van der Waals surface area contributed by atoms with Gasteiger partial charge in [-0.25, -0.2) is 0 Å². The van der Waals surface area contributed by atoms with E-state index in [9.17, 15) is 4.79 Å². The molecule has 1 aliphatic rings. The van der Waals surface area contributed by atoms with Crippen LogP contribution < -0.4 is 10.6 Å². The van der Waals surface area contributed by atoms with Gasteiger partial charge in [-0.05, 0) is 58.2 Å². The molecule has 0 bridgehead atoms. The minimum absolute atomic E-state index is 0.166. The maximum absolute atomic E-state index is 12.6. The van der Waals surface area contributed by atoms with E-state index < -0.39 is 0 Å². The van der Waals surface area contributed by atoms with Gasteiger partial charge in [0.2, 0.25) is 5.91 Å². The molecule has 1 saturated heterocycles. The lowest BCUT2D eigenvalue weighted by Gasteiger charge is -2.36. The van der Waals surface area contributed by atoms with E-state index >= 15 is 0 Å². The zero-order valence-corrected chi connectivity index (χ0v) is 13.5. The smallest absolute Gasteiger partial charge is 0.226 e. The Morgan fingerprint density at radius 3 is 2.48 bits per heavy atom. The van der Waals surface area contributed by atoms with Crippen molar-refractivity contribution in [2.45, 2.75) is 52.0 Å². The van der Waals surface area contributed by atoms with Crippen molar-refractivity contribution in [3.63, 3.8) is 0 Å². The minimum atomic E-state index is -0.213. The third kappa shape index (κ3) is 4.57. The maximum atomic E-state index is 12.6. The van der Waals surface area contributed by atoms with Crippen LogP contribution in [0.5, 0.6) is 0 Å². The highest BCUT2D eigenvalue weighted by Gasteiger charge is 2.36. The molecule has 0 aromatic heterocycles. The molecule has 0 aliphatic carbocycles. The van der Waals surface area contributed by atoms with Crippen LogP contribution in [-0.2, 0) is 11.2 Å². The quantitative estimate of drug-likeness (QED) is 0.874. The molecule has 0 spiro atoms. The molecule has 0 unspecified atom stereocenters. The van der Waals surface area contributed by atoms with E-state index in [2.05, 4.69) is 55.7 Å². The highest BCUT2D eigenvalue weighted by Crippen LogP contribution is 2.29. The first-order chi connectivity index (χ1) is 9.91. The van der Waals surface area contributed by atoms with Crippen molar-refractivity contribution in [3.8, 4) is 0 Å². The van der Waals surface area contributed by atoms with Gasteiger partial charge in [-0.2, -0.15) is 0 Å². The Bertz CT molecular complexity index is 461. The summed E-state index contributed by atoms with van der Waals surface area (Å²) in [6.07, 6.45) is 3.80. The number of benzene rings is 1. The average molecular weight is 288 g/mol. The summed E-state index contributed by atoms with van der Waals surface area (Å²) in [5.41, 5.74) is 0.948. The van der Waals surface area contributed by atoms with Crippen LogP contribution in [0.15, 0.2) is 30.3 Å².